The summed E-state index contributed by atoms with van der Waals surface area (Å²) < 4.78 is 42.9. The molecule has 7 bridgehead atoms. The first-order valence-corrected chi connectivity index (χ1v) is 21.3. The van der Waals surface area contributed by atoms with E-state index in [1.165, 1.54) is 40.2 Å². The zero-order valence-electron chi connectivity index (χ0n) is 36.6. The number of ether oxygens (including phenoxy) is 6. The van der Waals surface area contributed by atoms with E-state index in [0.717, 1.165) is 26.1 Å². The molecular formula is C47H53N3O13. The first-order chi connectivity index (χ1) is 30.0. The number of hydrogen-bond acceptors (Lipinski definition) is 15. The van der Waals surface area contributed by atoms with E-state index in [4.69, 9.17) is 37.8 Å². The van der Waals surface area contributed by atoms with E-state index >= 15 is 0 Å². The van der Waals surface area contributed by atoms with Gasteiger partial charge in [0, 0.05) is 67.8 Å². The Morgan fingerprint density at radius 2 is 1.83 bits per heavy atom. The zero-order chi connectivity index (χ0) is 45.1. The van der Waals surface area contributed by atoms with Crippen molar-refractivity contribution in [2.75, 3.05) is 38.7 Å². The minimum absolute atomic E-state index is 0.00651. The Labute approximate surface area is 363 Å². The van der Waals surface area contributed by atoms with E-state index < -0.39 is 71.1 Å². The lowest BCUT2D eigenvalue weighted by Gasteiger charge is -2.33. The Morgan fingerprint density at radius 3 is 2.52 bits per heavy atom. The van der Waals surface area contributed by atoms with Crippen molar-refractivity contribution in [2.45, 2.75) is 91.2 Å². The number of phenols is 1. The Bertz CT molecular complexity index is 2610. The number of aromatic nitrogens is 1. The highest BCUT2D eigenvalue weighted by Gasteiger charge is 2.51. The molecule has 0 aromatic heterocycles. The molecule has 6 aliphatic heterocycles. The molecule has 0 spiro atoms. The predicted octanol–water partition coefficient (Wildman–Crippen LogP) is 5.80. The fraction of sp³-hybridized carbons (Fsp3) is 0.468. The third-order valence-corrected chi connectivity index (χ3v) is 12.8. The first kappa shape index (κ1) is 43.8. The fourth-order valence-electron chi connectivity index (χ4n) is 8.95. The molecule has 16 nitrogen and oxygen atoms in total. The first-order valence-electron chi connectivity index (χ1n) is 21.3. The van der Waals surface area contributed by atoms with Gasteiger partial charge in [-0.15, -0.1) is 0 Å². The number of carbonyl (C=O) groups excluding carboxylic acids is 3. The standard InChI is InChI=1S/C47H53N3O13/c1-22-11-9-12-23(2)46(56)49-36-39(54)33-32(35-43(36)61-31-21-28(13-14-29(31)48-35)58-20-18-50-16-10-17-50)34-41(25(4)37(33)52)63-47(7,45(34)55)59-19-15-30(57-8)24(3)42(60-27(6)51)44-38(53)26(5)40(22)62-44/h9,11-15,19,21-22,24,26,30,38,40,42,44,52-53H,10,16-18,20H2,1-8H3,(H,49,56)/b11-9+,19-15+,23-12-/t22-,24+,26-,30-,38+,40-,42+,44+,47-/m0/s1. The molecule has 6 heterocycles. The van der Waals surface area contributed by atoms with Crippen molar-refractivity contribution >= 4 is 45.2 Å². The summed E-state index contributed by atoms with van der Waals surface area (Å²) in [6.07, 6.45) is 4.81. The van der Waals surface area contributed by atoms with Crippen LogP contribution in [0.25, 0.3) is 33.3 Å². The number of phenolic OH excluding ortho intramolecular Hbond substituents is 1. The molecule has 2 fully saturated rings. The maximum Gasteiger partial charge on any atom is 0.312 e. The lowest BCUT2D eigenvalue weighted by Crippen LogP contribution is -2.46. The van der Waals surface area contributed by atoms with Crippen LogP contribution < -0.4 is 20.2 Å². The molecule has 7 aliphatic rings. The second-order valence-corrected chi connectivity index (χ2v) is 17.1. The van der Waals surface area contributed by atoms with Gasteiger partial charge in [0.15, 0.2) is 11.3 Å². The number of likely N-dealkylation sites (tertiary alicyclic amines) is 1. The molecule has 9 rings (SSSR count). The van der Waals surface area contributed by atoms with Crippen molar-refractivity contribution < 1.29 is 57.4 Å². The molecule has 1 aliphatic carbocycles. The average Bonchev–Trinajstić information content (AvgIpc) is 3.68. The normalized spacial score (nSPS) is 30.8. The predicted molar refractivity (Wildman–Crippen MR) is 231 cm³/mol. The number of methoxy groups -OCH3 is 1. The van der Waals surface area contributed by atoms with Crippen LogP contribution in [0.2, 0.25) is 0 Å². The number of amides is 1. The van der Waals surface area contributed by atoms with Gasteiger partial charge in [-0.1, -0.05) is 39.0 Å². The third kappa shape index (κ3) is 7.83. The van der Waals surface area contributed by atoms with E-state index in [-0.39, 0.29) is 67.8 Å². The van der Waals surface area contributed by atoms with E-state index in [0.29, 0.717) is 17.9 Å². The second kappa shape index (κ2) is 17.1. The van der Waals surface area contributed by atoms with Gasteiger partial charge < -0.3 is 48.4 Å². The topological polar surface area (TPSA) is 205 Å². The summed E-state index contributed by atoms with van der Waals surface area (Å²) in [5.41, 5.74) is -0.331. The second-order valence-electron chi connectivity index (χ2n) is 17.1. The molecule has 2 saturated heterocycles. The van der Waals surface area contributed by atoms with Crippen molar-refractivity contribution in [3.63, 3.8) is 0 Å². The minimum Gasteiger partial charge on any atom is -0.507 e. The number of rotatable bonds is 6. The largest absolute Gasteiger partial charge is 0.507 e. The smallest absolute Gasteiger partial charge is 0.312 e. The lowest BCUT2D eigenvalue weighted by molar-refractivity contribution is -0.168. The van der Waals surface area contributed by atoms with Crippen molar-refractivity contribution in [1.82, 2.24) is 9.88 Å². The number of carbonyl (C=O) groups is 3. The van der Waals surface area contributed by atoms with Gasteiger partial charge in [-0.05, 0) is 51.6 Å². The maximum atomic E-state index is 14.7. The Morgan fingerprint density at radius 1 is 1.06 bits per heavy atom. The summed E-state index contributed by atoms with van der Waals surface area (Å²) in [5.74, 6) is -5.38. The molecule has 0 unspecified atom stereocenters. The quantitative estimate of drug-likeness (QED) is 0.119. The van der Waals surface area contributed by atoms with Crippen LogP contribution >= 0.6 is 0 Å². The maximum absolute atomic E-state index is 14.7. The summed E-state index contributed by atoms with van der Waals surface area (Å²) in [4.78, 5) is 63.0. The number of esters is 1. The number of benzene rings is 3. The van der Waals surface area contributed by atoms with Crippen LogP contribution in [0.1, 0.15) is 63.9 Å². The molecule has 2 aromatic carbocycles. The monoisotopic (exact) mass is 867 g/mol. The Kier molecular flexibility index (Phi) is 11.9. The van der Waals surface area contributed by atoms with Gasteiger partial charge in [-0.3, -0.25) is 24.1 Å². The number of hydrogen-bond donors (Lipinski definition) is 3. The van der Waals surface area contributed by atoms with Gasteiger partial charge in [0.2, 0.25) is 5.43 Å². The van der Waals surface area contributed by atoms with Crippen LogP contribution in [0, 0.1) is 24.7 Å². The van der Waals surface area contributed by atoms with Crippen molar-refractivity contribution in [1.29, 1.82) is 0 Å². The van der Waals surface area contributed by atoms with Crippen LogP contribution in [0.15, 0.2) is 63.6 Å². The molecule has 63 heavy (non-hydrogen) atoms. The number of nitrogens with zero attached hydrogens (tertiary/aromatic N) is 2. The number of aromatic hydroxyl groups is 1. The highest BCUT2D eigenvalue weighted by molar-refractivity contribution is 6.22. The van der Waals surface area contributed by atoms with Crippen LogP contribution in [0.4, 0.5) is 5.69 Å². The molecule has 1 amide bonds. The van der Waals surface area contributed by atoms with Crippen LogP contribution in [0.3, 0.4) is 0 Å². The SMILES string of the molecule is CO[C@H]1/C=C/O[C@@]2(C)Oc3c(C)c(O)c4c(=O)c(c5oc6cc(OCCN7CCC7)ccc6nc-5c4c3C2=O)NC(=O)/C(C)=C\C=C\[C@H](C)[C@@H]2O[C@H]([C@H](O)[C@@H]2C)[C@H](OC(C)=O)[C@@H]1C. The van der Waals surface area contributed by atoms with E-state index in [9.17, 15) is 29.4 Å². The van der Waals surface area contributed by atoms with Crippen molar-refractivity contribution in [2.24, 2.45) is 17.8 Å². The highest BCUT2D eigenvalue weighted by atomic mass is 16.7. The molecule has 0 radical (unpaired) electrons. The van der Waals surface area contributed by atoms with Gasteiger partial charge in [0.05, 0.1) is 35.5 Å². The number of nitrogens with one attached hydrogen (secondary N) is 1. The van der Waals surface area contributed by atoms with Gasteiger partial charge in [0.1, 0.15) is 53.0 Å². The summed E-state index contributed by atoms with van der Waals surface area (Å²) >= 11 is 0. The molecule has 2 aromatic rings. The number of aliphatic hydroxyl groups excluding tert-OH is 1. The van der Waals surface area contributed by atoms with Gasteiger partial charge in [0.25, 0.3) is 11.7 Å². The van der Waals surface area contributed by atoms with Crippen molar-refractivity contribution in [3.8, 4) is 28.7 Å². The van der Waals surface area contributed by atoms with Gasteiger partial charge >= 0.3 is 11.8 Å². The zero-order valence-corrected chi connectivity index (χ0v) is 36.6. The number of allylic oxidation sites excluding steroid dienone is 2. The number of fused-ring (bicyclic) bond motifs is 9. The molecule has 334 valence electrons. The summed E-state index contributed by atoms with van der Waals surface area (Å²) in [6.45, 7) is 14.5. The molecule has 16 heteroatoms. The third-order valence-electron chi connectivity index (χ3n) is 12.8. The minimum atomic E-state index is -2.02. The van der Waals surface area contributed by atoms with Crippen LogP contribution in [-0.2, 0) is 28.5 Å². The summed E-state index contributed by atoms with van der Waals surface area (Å²) in [5, 5.41) is 25.7. The Balaban J connectivity index is 1.29. The number of ketones is 1. The number of anilines is 1. The van der Waals surface area contributed by atoms with Gasteiger partial charge in [-0.2, -0.15) is 0 Å². The molecule has 0 saturated carbocycles. The molecule has 3 N–H and O–H groups in total. The molecule has 9 atom stereocenters. The summed E-state index contributed by atoms with van der Waals surface area (Å²) in [6, 6.07) is 5.07. The highest BCUT2D eigenvalue weighted by Crippen LogP contribution is 2.50. The fourth-order valence-corrected chi connectivity index (χ4v) is 8.95. The molecular weight excluding hydrogens is 815 g/mol. The van der Waals surface area contributed by atoms with E-state index in [2.05, 4.69) is 10.2 Å². The average molecular weight is 868 g/mol. The Hall–Kier alpha value is -5.81. The lowest BCUT2D eigenvalue weighted by atomic mass is 9.86. The van der Waals surface area contributed by atoms with Crippen LogP contribution in [0.5, 0.6) is 17.2 Å². The van der Waals surface area contributed by atoms with Crippen molar-refractivity contribution in [3.05, 3.63) is 75.7 Å². The van der Waals surface area contributed by atoms with E-state index in [1.54, 1.807) is 44.2 Å². The van der Waals surface area contributed by atoms with E-state index in [1.807, 2.05) is 19.9 Å². The van der Waals surface area contributed by atoms with Crippen LogP contribution in [-0.4, -0.2) is 107 Å². The number of Topliss-reactive ketones (excluding diaryl/α,β-unsaturated/α-hetero) is 1. The summed E-state index contributed by atoms with van der Waals surface area (Å²) in [7, 11) is 1.46. The van der Waals surface area contributed by atoms with Gasteiger partial charge in [-0.25, -0.2) is 4.98 Å². The number of aliphatic hydroxyl groups is 1.